The minimum atomic E-state index is -0.626. The molecule has 0 spiro atoms. The second-order valence-corrected chi connectivity index (χ2v) is 7.05. The molecule has 3 fully saturated rings. The van der Waals surface area contributed by atoms with Crippen molar-refractivity contribution in [3.63, 3.8) is 0 Å². The highest BCUT2D eigenvalue weighted by Crippen LogP contribution is 2.44. The molecule has 2 saturated carbocycles. The van der Waals surface area contributed by atoms with Gasteiger partial charge in [-0.25, -0.2) is 0 Å². The second-order valence-electron chi connectivity index (χ2n) is 7.05. The van der Waals surface area contributed by atoms with Crippen LogP contribution in [0.1, 0.15) is 32.6 Å². The predicted octanol–water partition coefficient (Wildman–Crippen LogP) is 0.848. The Labute approximate surface area is 116 Å². The van der Waals surface area contributed by atoms with Gasteiger partial charge in [-0.2, -0.15) is 0 Å². The Bertz CT molecular complexity index is 303. The molecular weight excluding hydrogens is 240 g/mol. The average molecular weight is 268 g/mol. The first-order valence-corrected chi connectivity index (χ1v) is 7.88. The van der Waals surface area contributed by atoms with Crippen molar-refractivity contribution in [2.45, 2.75) is 44.2 Å². The molecule has 2 N–H and O–H groups in total. The number of nitrogens with one attached hydrogen (secondary N) is 1. The zero-order valence-electron chi connectivity index (χ0n) is 12.1. The van der Waals surface area contributed by atoms with Crippen LogP contribution in [0.5, 0.6) is 0 Å². The molecule has 0 radical (unpaired) electrons. The molecule has 2 aliphatic carbocycles. The van der Waals surface area contributed by atoms with E-state index in [1.165, 1.54) is 25.7 Å². The maximum atomic E-state index is 10.6. The van der Waals surface area contributed by atoms with Gasteiger partial charge in [-0.05, 0) is 38.0 Å². The van der Waals surface area contributed by atoms with Crippen LogP contribution in [0.25, 0.3) is 0 Å². The summed E-state index contributed by atoms with van der Waals surface area (Å²) in [5.41, 5.74) is -0.626. The fourth-order valence-corrected chi connectivity index (χ4v) is 4.14. The summed E-state index contributed by atoms with van der Waals surface area (Å²) < 4.78 is 5.35. The average Bonchev–Trinajstić information content (AvgIpc) is 2.99. The van der Waals surface area contributed by atoms with Crippen molar-refractivity contribution in [2.24, 2.45) is 11.8 Å². The zero-order valence-corrected chi connectivity index (χ0v) is 12.1. The van der Waals surface area contributed by atoms with Gasteiger partial charge in [0.15, 0.2) is 0 Å². The smallest absolute Gasteiger partial charge is 0.0869 e. The first kappa shape index (κ1) is 13.8. The predicted molar refractivity (Wildman–Crippen MR) is 75.1 cm³/mol. The summed E-state index contributed by atoms with van der Waals surface area (Å²) in [6.07, 6.45) is 5.59. The minimum Gasteiger partial charge on any atom is -0.388 e. The summed E-state index contributed by atoms with van der Waals surface area (Å²) in [4.78, 5) is 2.31. The van der Waals surface area contributed by atoms with Crippen LogP contribution in [0.3, 0.4) is 0 Å². The number of fused-ring (bicyclic) bond motifs is 2. The van der Waals surface area contributed by atoms with Crippen LogP contribution < -0.4 is 5.32 Å². The van der Waals surface area contributed by atoms with E-state index in [9.17, 15) is 5.11 Å². The van der Waals surface area contributed by atoms with Gasteiger partial charge < -0.3 is 15.2 Å². The molecular formula is C15H28N2O2. The number of aliphatic hydroxyl groups is 1. The third-order valence-corrected chi connectivity index (χ3v) is 5.15. The van der Waals surface area contributed by atoms with E-state index >= 15 is 0 Å². The van der Waals surface area contributed by atoms with Crippen molar-refractivity contribution in [1.82, 2.24) is 10.2 Å². The van der Waals surface area contributed by atoms with E-state index in [-0.39, 0.29) is 0 Å². The number of rotatable bonds is 5. The van der Waals surface area contributed by atoms with Crippen molar-refractivity contribution in [2.75, 3.05) is 39.4 Å². The summed E-state index contributed by atoms with van der Waals surface area (Å²) >= 11 is 0. The molecule has 4 atom stereocenters. The largest absolute Gasteiger partial charge is 0.388 e. The number of morpholine rings is 1. The van der Waals surface area contributed by atoms with Gasteiger partial charge >= 0.3 is 0 Å². The van der Waals surface area contributed by atoms with Gasteiger partial charge in [0.05, 0.1) is 18.8 Å². The van der Waals surface area contributed by atoms with Crippen LogP contribution in [0.4, 0.5) is 0 Å². The maximum absolute atomic E-state index is 10.6. The van der Waals surface area contributed by atoms with Crippen LogP contribution in [-0.4, -0.2) is 61.0 Å². The summed E-state index contributed by atoms with van der Waals surface area (Å²) in [6, 6.07) is 0.662. The minimum absolute atomic E-state index is 0.626. The standard InChI is InChI=1S/C15H28N2O2/c1-15(18,11-17-4-6-19-7-5-17)10-16-14-9-12-2-3-13(14)8-12/h12-14,16,18H,2-11H2,1H3. The van der Waals surface area contributed by atoms with Gasteiger partial charge in [0, 0.05) is 32.2 Å². The monoisotopic (exact) mass is 268 g/mol. The van der Waals surface area contributed by atoms with Crippen molar-refractivity contribution in [3.8, 4) is 0 Å². The summed E-state index contributed by atoms with van der Waals surface area (Å²) in [5, 5.41) is 14.2. The van der Waals surface area contributed by atoms with Gasteiger partial charge in [-0.3, -0.25) is 4.90 Å². The highest BCUT2D eigenvalue weighted by molar-refractivity contribution is 4.95. The van der Waals surface area contributed by atoms with Crippen molar-refractivity contribution < 1.29 is 9.84 Å². The normalized spacial score (nSPS) is 38.5. The van der Waals surface area contributed by atoms with Crippen molar-refractivity contribution in [3.05, 3.63) is 0 Å². The lowest BCUT2D eigenvalue weighted by Crippen LogP contribution is -2.52. The third kappa shape index (κ3) is 3.48. The highest BCUT2D eigenvalue weighted by atomic mass is 16.5. The molecule has 4 heteroatoms. The van der Waals surface area contributed by atoms with Gasteiger partial charge in [0.1, 0.15) is 0 Å². The third-order valence-electron chi connectivity index (χ3n) is 5.15. The van der Waals surface area contributed by atoms with Crippen LogP contribution in [0.15, 0.2) is 0 Å². The van der Waals surface area contributed by atoms with E-state index in [0.29, 0.717) is 6.04 Å². The molecule has 110 valence electrons. The lowest BCUT2D eigenvalue weighted by molar-refractivity contribution is -0.0235. The molecule has 0 aromatic heterocycles. The Hall–Kier alpha value is -0.160. The number of hydrogen-bond donors (Lipinski definition) is 2. The number of ether oxygens (including phenoxy) is 1. The first-order valence-electron chi connectivity index (χ1n) is 7.88. The van der Waals surface area contributed by atoms with Crippen LogP contribution in [0, 0.1) is 11.8 Å². The molecule has 1 heterocycles. The summed E-state index contributed by atoms with van der Waals surface area (Å²) in [7, 11) is 0. The van der Waals surface area contributed by atoms with Gasteiger partial charge in [0.25, 0.3) is 0 Å². The molecule has 4 nitrogen and oxygen atoms in total. The van der Waals surface area contributed by atoms with Crippen molar-refractivity contribution >= 4 is 0 Å². The molecule has 3 rings (SSSR count). The fourth-order valence-electron chi connectivity index (χ4n) is 4.14. The first-order chi connectivity index (χ1) is 9.12. The maximum Gasteiger partial charge on any atom is 0.0869 e. The molecule has 4 unspecified atom stereocenters. The lowest BCUT2D eigenvalue weighted by Gasteiger charge is -2.35. The van der Waals surface area contributed by atoms with E-state index < -0.39 is 5.60 Å². The highest BCUT2D eigenvalue weighted by Gasteiger charge is 2.40. The van der Waals surface area contributed by atoms with E-state index in [0.717, 1.165) is 51.2 Å². The molecule has 0 aromatic carbocycles. The molecule has 19 heavy (non-hydrogen) atoms. The quantitative estimate of drug-likeness (QED) is 0.776. The van der Waals surface area contributed by atoms with Crippen LogP contribution in [-0.2, 0) is 4.74 Å². The molecule has 1 saturated heterocycles. The van der Waals surface area contributed by atoms with Crippen LogP contribution >= 0.6 is 0 Å². The summed E-state index contributed by atoms with van der Waals surface area (Å²) in [6.45, 7) is 6.94. The second kappa shape index (κ2) is 5.68. The Kier molecular flexibility index (Phi) is 4.13. The van der Waals surface area contributed by atoms with E-state index in [4.69, 9.17) is 4.74 Å². The number of β-amino-alcohol motifs (C(OH)–C–C–N with tert-alkyl or cyclic N) is 1. The van der Waals surface area contributed by atoms with E-state index in [1.807, 2.05) is 6.92 Å². The van der Waals surface area contributed by atoms with Crippen LogP contribution in [0.2, 0.25) is 0 Å². The van der Waals surface area contributed by atoms with Crippen molar-refractivity contribution in [1.29, 1.82) is 0 Å². The van der Waals surface area contributed by atoms with Gasteiger partial charge in [-0.15, -0.1) is 0 Å². The number of nitrogens with zero attached hydrogens (tertiary/aromatic N) is 1. The topological polar surface area (TPSA) is 44.7 Å². The summed E-state index contributed by atoms with van der Waals surface area (Å²) in [5.74, 6) is 1.84. The Balaban J connectivity index is 1.42. The molecule has 3 aliphatic rings. The SMILES string of the molecule is CC(O)(CNC1CC2CCC1C2)CN1CCOCC1. The Morgan fingerprint density at radius 3 is 2.68 bits per heavy atom. The Morgan fingerprint density at radius 2 is 2.05 bits per heavy atom. The zero-order chi connectivity index (χ0) is 13.3. The van der Waals surface area contributed by atoms with E-state index in [1.54, 1.807) is 0 Å². The lowest BCUT2D eigenvalue weighted by atomic mass is 9.94. The van der Waals surface area contributed by atoms with Gasteiger partial charge in [-0.1, -0.05) is 6.42 Å². The molecule has 2 bridgehead atoms. The number of hydrogen-bond acceptors (Lipinski definition) is 4. The fraction of sp³-hybridized carbons (Fsp3) is 1.00. The van der Waals surface area contributed by atoms with E-state index in [2.05, 4.69) is 10.2 Å². The van der Waals surface area contributed by atoms with Gasteiger partial charge in [0.2, 0.25) is 0 Å². The molecule has 0 amide bonds. The molecule has 1 aliphatic heterocycles. The molecule has 0 aromatic rings. The Morgan fingerprint density at radius 1 is 1.26 bits per heavy atom.